The van der Waals surface area contributed by atoms with Gasteiger partial charge in [0, 0.05) is 17.3 Å². The first kappa shape index (κ1) is 27.3. The van der Waals surface area contributed by atoms with E-state index in [1.807, 2.05) is 53.2 Å². The molecule has 0 spiro atoms. The van der Waals surface area contributed by atoms with E-state index < -0.39 is 5.44 Å². The number of nitrogens with one attached hydrogen (secondary N) is 2. The van der Waals surface area contributed by atoms with Crippen LogP contribution in [-0.2, 0) is 5.44 Å². The summed E-state index contributed by atoms with van der Waals surface area (Å²) in [4.78, 5) is 4.55. The normalized spacial score (nSPS) is 14.9. The van der Waals surface area contributed by atoms with Gasteiger partial charge in [-0.05, 0) is 54.7 Å². The molecule has 2 N–H and O–H groups in total. The highest BCUT2D eigenvalue weighted by molar-refractivity contribution is 6.36. The van der Waals surface area contributed by atoms with Crippen molar-refractivity contribution in [2.75, 3.05) is 10.6 Å². The summed E-state index contributed by atoms with van der Waals surface area (Å²) in [7, 11) is 2.06. The summed E-state index contributed by atoms with van der Waals surface area (Å²) in [6.45, 7) is 2.11. The number of anilines is 2. The van der Waals surface area contributed by atoms with Crippen LogP contribution in [0.1, 0.15) is 66.2 Å². The van der Waals surface area contributed by atoms with Gasteiger partial charge in [0.15, 0.2) is 0 Å². The molecule has 1 aliphatic carbocycles. The Morgan fingerprint density at radius 1 is 1.07 bits per heavy atom. The highest BCUT2D eigenvalue weighted by Crippen LogP contribution is 2.41. The first-order valence-corrected chi connectivity index (χ1v) is 14.4. The van der Waals surface area contributed by atoms with E-state index in [2.05, 4.69) is 65.0 Å². The maximum absolute atomic E-state index is 10.0. The number of nitriles is 2. The molecule has 1 aliphatic rings. The van der Waals surface area contributed by atoms with Crippen LogP contribution in [0.25, 0.3) is 10.9 Å². The topological polar surface area (TPSA) is 115 Å². The molecule has 206 valence electrons. The summed E-state index contributed by atoms with van der Waals surface area (Å²) in [6, 6.07) is 26.4. The summed E-state index contributed by atoms with van der Waals surface area (Å²) >= 11 is 6.87. The Kier molecular flexibility index (Phi) is 7.28. The maximum atomic E-state index is 10.0. The Hall–Kier alpha value is -4.86. The molecular weight excluding hydrogens is 543 g/mol. The highest BCUT2D eigenvalue weighted by Gasteiger charge is 2.37. The van der Waals surface area contributed by atoms with E-state index in [9.17, 15) is 10.5 Å². The van der Waals surface area contributed by atoms with Crippen LogP contribution in [0, 0.1) is 22.7 Å². The zero-order chi connectivity index (χ0) is 29.3. The molecule has 8 nitrogen and oxygen atoms in total. The minimum Gasteiger partial charge on any atom is -0.378 e. The number of aromatic nitrogens is 4. The second-order valence-corrected chi connectivity index (χ2v) is 11.2. The van der Waals surface area contributed by atoms with Gasteiger partial charge in [-0.2, -0.15) is 10.5 Å². The van der Waals surface area contributed by atoms with E-state index in [1.54, 1.807) is 18.5 Å². The highest BCUT2D eigenvalue weighted by atomic mass is 35.5. The molecule has 1 unspecified atom stereocenters. The fourth-order valence-electron chi connectivity index (χ4n) is 5.52. The SMILES string of the molecule is BC(Nc1cc(Cl)c2ncc(C#N)c(N[C@H](CC)c3ccccc3)c2c1)(c1cccc(C#N)c1)c1cnnn1C1CC1. The second-order valence-electron chi connectivity index (χ2n) is 10.8. The third-order valence-electron chi connectivity index (χ3n) is 7.92. The van der Waals surface area contributed by atoms with Crippen LogP contribution in [0.15, 0.2) is 79.1 Å². The fraction of sp³-hybridized carbons (Fsp3) is 0.219. The van der Waals surface area contributed by atoms with E-state index in [0.717, 1.165) is 47.2 Å². The van der Waals surface area contributed by atoms with E-state index >= 15 is 0 Å². The monoisotopic (exact) mass is 570 g/mol. The Morgan fingerprint density at radius 2 is 1.88 bits per heavy atom. The Labute approximate surface area is 250 Å². The standard InChI is InChI=1S/C32H28BClN8/c1-2-28(21-8-4-3-5-9-21)39-30-22(17-36)18-37-31-26(30)14-24(15-27(31)34)40-32(33,23-10-6-7-20(13-23)16-35)29-19-38-41-42(29)25-11-12-25/h3-10,13-15,18-19,25,28,40H,2,11-12,33H2,1H3,(H,37,39)/t28-,32?/m1/s1. The van der Waals surface area contributed by atoms with Gasteiger partial charge in [0.1, 0.15) is 13.9 Å². The lowest BCUT2D eigenvalue weighted by Crippen LogP contribution is -2.39. The van der Waals surface area contributed by atoms with Crippen LogP contribution < -0.4 is 10.6 Å². The third-order valence-corrected chi connectivity index (χ3v) is 8.21. The van der Waals surface area contributed by atoms with Crippen molar-refractivity contribution in [2.45, 2.75) is 43.7 Å². The molecule has 1 saturated carbocycles. The van der Waals surface area contributed by atoms with E-state index in [4.69, 9.17) is 11.6 Å². The summed E-state index contributed by atoms with van der Waals surface area (Å²) in [5.41, 5.74) is 5.10. The minimum atomic E-state index is -0.806. The lowest BCUT2D eigenvalue weighted by Gasteiger charge is -2.33. The zero-order valence-electron chi connectivity index (χ0n) is 23.3. The van der Waals surface area contributed by atoms with E-state index in [-0.39, 0.29) is 6.04 Å². The summed E-state index contributed by atoms with van der Waals surface area (Å²) in [5.74, 6) is 0. The van der Waals surface area contributed by atoms with Crippen molar-refractivity contribution >= 4 is 41.7 Å². The van der Waals surface area contributed by atoms with E-state index in [1.165, 1.54) is 0 Å². The quantitative estimate of drug-likeness (QED) is 0.207. The Balaban J connectivity index is 1.49. The molecule has 2 aromatic heterocycles. The predicted molar refractivity (Wildman–Crippen MR) is 167 cm³/mol. The molecule has 42 heavy (non-hydrogen) atoms. The first-order valence-electron chi connectivity index (χ1n) is 14.0. The lowest BCUT2D eigenvalue weighted by atomic mass is 9.69. The Bertz CT molecular complexity index is 1850. The molecular formula is C32H28BClN8. The molecule has 6 rings (SSSR count). The predicted octanol–water partition coefficient (Wildman–Crippen LogP) is 6.07. The van der Waals surface area contributed by atoms with E-state index in [0.29, 0.717) is 33.4 Å². The maximum Gasteiger partial charge on any atom is 0.148 e. The molecule has 0 aliphatic heterocycles. The largest absolute Gasteiger partial charge is 0.378 e. The van der Waals surface area contributed by atoms with Crippen molar-refractivity contribution in [3.8, 4) is 12.1 Å². The Morgan fingerprint density at radius 3 is 2.60 bits per heavy atom. The van der Waals surface area contributed by atoms with Gasteiger partial charge in [-0.3, -0.25) is 4.98 Å². The van der Waals surface area contributed by atoms with Crippen LogP contribution in [0.4, 0.5) is 11.4 Å². The number of nitrogens with zero attached hydrogens (tertiary/aromatic N) is 6. The third kappa shape index (κ3) is 5.04. The smallest absolute Gasteiger partial charge is 0.148 e. The van der Waals surface area contributed by atoms with Gasteiger partial charge in [-0.15, -0.1) is 5.10 Å². The molecule has 10 heteroatoms. The molecule has 0 bridgehead atoms. The number of hydrogen-bond donors (Lipinski definition) is 2. The molecule has 1 fully saturated rings. The van der Waals surface area contributed by atoms with Crippen molar-refractivity contribution in [1.82, 2.24) is 20.0 Å². The molecule has 0 amide bonds. The van der Waals surface area contributed by atoms with Crippen LogP contribution in [0.5, 0.6) is 0 Å². The van der Waals surface area contributed by atoms with Crippen LogP contribution in [-0.4, -0.2) is 27.8 Å². The summed E-state index contributed by atoms with van der Waals surface area (Å²) in [6.07, 6.45) is 6.25. The van der Waals surface area contributed by atoms with Gasteiger partial charge in [0.25, 0.3) is 0 Å². The van der Waals surface area contributed by atoms with Crippen molar-refractivity contribution in [1.29, 1.82) is 10.5 Å². The first-order chi connectivity index (χ1) is 20.4. The number of hydrogen-bond acceptors (Lipinski definition) is 7. The van der Waals surface area contributed by atoms with Crippen LogP contribution in [0.2, 0.25) is 5.02 Å². The average Bonchev–Trinajstić information content (AvgIpc) is 3.75. The van der Waals surface area contributed by atoms with Crippen molar-refractivity contribution < 1.29 is 0 Å². The van der Waals surface area contributed by atoms with Gasteiger partial charge in [0.05, 0.1) is 62.8 Å². The molecule has 5 aromatic rings. The molecule has 3 aromatic carbocycles. The minimum absolute atomic E-state index is 0.0164. The number of rotatable bonds is 9. The van der Waals surface area contributed by atoms with Crippen LogP contribution >= 0.6 is 11.6 Å². The number of fused-ring (bicyclic) bond motifs is 1. The molecule has 2 atom stereocenters. The summed E-state index contributed by atoms with van der Waals surface area (Å²) < 4.78 is 1.97. The van der Waals surface area contributed by atoms with Gasteiger partial charge < -0.3 is 10.6 Å². The lowest BCUT2D eigenvalue weighted by molar-refractivity contribution is 0.561. The van der Waals surface area contributed by atoms with Gasteiger partial charge in [0.2, 0.25) is 0 Å². The fourth-order valence-corrected chi connectivity index (χ4v) is 5.78. The summed E-state index contributed by atoms with van der Waals surface area (Å²) in [5, 5.41) is 36.9. The molecule has 0 saturated heterocycles. The average molecular weight is 571 g/mol. The number of pyridine rings is 1. The zero-order valence-corrected chi connectivity index (χ0v) is 24.1. The molecule has 2 heterocycles. The van der Waals surface area contributed by atoms with Gasteiger partial charge in [-0.25, -0.2) is 4.68 Å². The molecule has 0 radical (unpaired) electrons. The van der Waals surface area contributed by atoms with Crippen molar-refractivity contribution in [3.05, 3.63) is 112 Å². The van der Waals surface area contributed by atoms with Gasteiger partial charge >= 0.3 is 0 Å². The van der Waals surface area contributed by atoms with Crippen molar-refractivity contribution in [3.63, 3.8) is 0 Å². The number of halogens is 1. The van der Waals surface area contributed by atoms with Crippen LogP contribution in [0.3, 0.4) is 0 Å². The van der Waals surface area contributed by atoms with Crippen molar-refractivity contribution in [2.24, 2.45) is 0 Å². The number of benzene rings is 3. The second kappa shape index (κ2) is 11.2. The van der Waals surface area contributed by atoms with Gasteiger partial charge in [-0.1, -0.05) is 66.2 Å².